The zero-order valence-corrected chi connectivity index (χ0v) is 12.0. The van der Waals surface area contributed by atoms with Crippen LogP contribution >= 0.6 is 11.6 Å². The maximum absolute atomic E-state index is 12.3. The molecule has 0 radical (unpaired) electrons. The maximum atomic E-state index is 12.3. The minimum Gasteiger partial charge on any atom is -0.454 e. The second kappa shape index (κ2) is 4.99. The van der Waals surface area contributed by atoms with Gasteiger partial charge in [-0.1, -0.05) is 11.6 Å². The highest BCUT2D eigenvalue weighted by Gasteiger charge is 2.21. The normalized spacial score (nSPS) is 14.0. The fourth-order valence-corrected chi connectivity index (χ4v) is 2.54. The number of carbonyl (C=O) groups is 1. The number of carbonyl (C=O) groups excluding carboxylic acids is 1. The molecule has 0 atom stereocenters. The van der Waals surface area contributed by atoms with Gasteiger partial charge in [-0.25, -0.2) is 0 Å². The lowest BCUT2D eigenvalue weighted by atomic mass is 10.1. The van der Waals surface area contributed by atoms with Gasteiger partial charge >= 0.3 is 0 Å². The number of hydrogen-bond donors (Lipinski definition) is 1. The lowest BCUT2D eigenvalue weighted by molar-refractivity contribution is 0.102. The van der Waals surface area contributed by atoms with Crippen molar-refractivity contribution in [3.63, 3.8) is 0 Å². The SMILES string of the molecule is O=C(Nc1ccc2c(c1)OCO2)c1cc(Cl)c2c(c1)OCO2. The first kappa shape index (κ1) is 13.1. The van der Waals surface area contributed by atoms with Crippen molar-refractivity contribution in [2.45, 2.75) is 0 Å². The average Bonchev–Trinajstić information content (AvgIpc) is 3.15. The maximum Gasteiger partial charge on any atom is 0.255 e. The van der Waals surface area contributed by atoms with Crippen LogP contribution in [0.1, 0.15) is 10.4 Å². The monoisotopic (exact) mass is 319 g/mol. The third kappa shape index (κ3) is 2.17. The van der Waals surface area contributed by atoms with Crippen LogP contribution in [0, 0.1) is 0 Å². The predicted octanol–water partition coefficient (Wildman–Crippen LogP) is 3.05. The van der Waals surface area contributed by atoms with Crippen LogP contribution in [0.15, 0.2) is 30.3 Å². The largest absolute Gasteiger partial charge is 0.454 e. The van der Waals surface area contributed by atoms with Crippen molar-refractivity contribution in [1.29, 1.82) is 0 Å². The number of nitrogens with one attached hydrogen (secondary N) is 1. The van der Waals surface area contributed by atoms with Gasteiger partial charge in [-0.05, 0) is 24.3 Å². The summed E-state index contributed by atoms with van der Waals surface area (Å²) in [6.07, 6.45) is 0. The highest BCUT2D eigenvalue weighted by atomic mass is 35.5. The smallest absolute Gasteiger partial charge is 0.255 e. The summed E-state index contributed by atoms with van der Waals surface area (Å²) in [5, 5.41) is 3.12. The Labute approximate surface area is 130 Å². The second-order valence-corrected chi connectivity index (χ2v) is 5.12. The Morgan fingerprint density at radius 1 is 0.955 bits per heavy atom. The van der Waals surface area contributed by atoms with E-state index in [4.69, 9.17) is 30.5 Å². The van der Waals surface area contributed by atoms with Crippen LogP contribution in [0.2, 0.25) is 5.02 Å². The van der Waals surface area contributed by atoms with E-state index in [1.54, 1.807) is 24.3 Å². The first-order valence-corrected chi connectivity index (χ1v) is 6.89. The topological polar surface area (TPSA) is 66.0 Å². The molecular weight excluding hydrogens is 310 g/mol. The molecule has 7 heteroatoms. The summed E-state index contributed by atoms with van der Waals surface area (Å²) in [4.78, 5) is 12.3. The lowest BCUT2D eigenvalue weighted by Gasteiger charge is -2.08. The molecule has 0 spiro atoms. The number of hydrogen-bond acceptors (Lipinski definition) is 5. The van der Waals surface area contributed by atoms with E-state index in [1.165, 1.54) is 6.07 Å². The number of rotatable bonds is 2. The third-order valence-electron chi connectivity index (χ3n) is 3.32. The summed E-state index contributed by atoms with van der Waals surface area (Å²) in [5.74, 6) is 1.87. The molecular formula is C15H10ClNO5. The average molecular weight is 320 g/mol. The Hall–Kier alpha value is -2.60. The number of halogens is 1. The molecule has 22 heavy (non-hydrogen) atoms. The number of amides is 1. The highest BCUT2D eigenvalue weighted by molar-refractivity contribution is 6.32. The van der Waals surface area contributed by atoms with Gasteiger partial charge < -0.3 is 24.3 Å². The van der Waals surface area contributed by atoms with Crippen molar-refractivity contribution in [1.82, 2.24) is 0 Å². The minimum atomic E-state index is -0.306. The molecule has 0 saturated heterocycles. The Morgan fingerprint density at radius 2 is 1.73 bits per heavy atom. The van der Waals surface area contributed by atoms with Crippen LogP contribution in [-0.2, 0) is 0 Å². The number of anilines is 1. The molecule has 0 aromatic heterocycles. The third-order valence-corrected chi connectivity index (χ3v) is 3.60. The van der Waals surface area contributed by atoms with Gasteiger partial charge in [-0.3, -0.25) is 4.79 Å². The first-order valence-electron chi connectivity index (χ1n) is 6.51. The molecule has 112 valence electrons. The quantitative estimate of drug-likeness (QED) is 0.921. The Balaban J connectivity index is 1.59. The molecule has 2 aromatic rings. The van der Waals surface area contributed by atoms with E-state index in [0.29, 0.717) is 39.3 Å². The number of ether oxygens (including phenoxy) is 4. The van der Waals surface area contributed by atoms with E-state index in [2.05, 4.69) is 5.32 Å². The van der Waals surface area contributed by atoms with Crippen LogP contribution in [0.3, 0.4) is 0 Å². The van der Waals surface area contributed by atoms with Gasteiger partial charge in [0.1, 0.15) is 0 Å². The molecule has 0 unspecified atom stereocenters. The van der Waals surface area contributed by atoms with Crippen molar-refractivity contribution in [2.24, 2.45) is 0 Å². The predicted molar refractivity (Wildman–Crippen MR) is 78.1 cm³/mol. The van der Waals surface area contributed by atoms with Crippen LogP contribution in [0.5, 0.6) is 23.0 Å². The molecule has 1 amide bonds. The van der Waals surface area contributed by atoms with Crippen molar-refractivity contribution < 1.29 is 23.7 Å². The minimum absolute atomic E-state index is 0.0995. The molecule has 2 heterocycles. The Morgan fingerprint density at radius 3 is 2.64 bits per heavy atom. The molecule has 4 rings (SSSR count). The molecule has 2 aromatic carbocycles. The van der Waals surface area contributed by atoms with Gasteiger partial charge in [0.25, 0.3) is 5.91 Å². The van der Waals surface area contributed by atoms with E-state index in [-0.39, 0.29) is 19.5 Å². The van der Waals surface area contributed by atoms with Crippen LogP contribution in [0.25, 0.3) is 0 Å². The van der Waals surface area contributed by atoms with Crippen LogP contribution in [-0.4, -0.2) is 19.5 Å². The summed E-state index contributed by atoms with van der Waals surface area (Å²) in [6, 6.07) is 8.31. The summed E-state index contributed by atoms with van der Waals surface area (Å²) in [6.45, 7) is 0.285. The Kier molecular flexibility index (Phi) is 2.97. The van der Waals surface area contributed by atoms with Gasteiger partial charge in [0.15, 0.2) is 23.0 Å². The van der Waals surface area contributed by atoms with Gasteiger partial charge in [-0.15, -0.1) is 0 Å². The van der Waals surface area contributed by atoms with Crippen LogP contribution in [0.4, 0.5) is 5.69 Å². The summed E-state index contributed by atoms with van der Waals surface area (Å²) < 4.78 is 21.0. The summed E-state index contributed by atoms with van der Waals surface area (Å²) in [7, 11) is 0. The fourth-order valence-electron chi connectivity index (χ4n) is 2.28. The standard InChI is InChI=1S/C15H10ClNO5/c16-10-3-8(4-13-14(10)22-7-21-13)15(18)17-9-1-2-11-12(5-9)20-6-19-11/h1-5H,6-7H2,(H,17,18). The zero-order chi connectivity index (χ0) is 15.1. The van der Waals surface area contributed by atoms with Gasteiger partial charge in [0, 0.05) is 17.3 Å². The van der Waals surface area contributed by atoms with Crippen molar-refractivity contribution in [3.8, 4) is 23.0 Å². The zero-order valence-electron chi connectivity index (χ0n) is 11.2. The lowest BCUT2D eigenvalue weighted by Crippen LogP contribution is -2.11. The summed E-state index contributed by atoms with van der Waals surface area (Å²) in [5.41, 5.74) is 0.981. The fraction of sp³-hybridized carbons (Fsp3) is 0.133. The van der Waals surface area contributed by atoms with E-state index in [0.717, 1.165) is 0 Å². The molecule has 6 nitrogen and oxygen atoms in total. The van der Waals surface area contributed by atoms with E-state index < -0.39 is 0 Å². The van der Waals surface area contributed by atoms with Gasteiger partial charge in [-0.2, -0.15) is 0 Å². The number of benzene rings is 2. The molecule has 2 aliphatic rings. The molecule has 0 aliphatic carbocycles. The van der Waals surface area contributed by atoms with Gasteiger partial charge in [0.2, 0.25) is 13.6 Å². The van der Waals surface area contributed by atoms with Gasteiger partial charge in [0.05, 0.1) is 5.02 Å². The molecule has 0 bridgehead atoms. The molecule has 0 fully saturated rings. The molecule has 1 N–H and O–H groups in total. The molecule has 0 saturated carbocycles. The molecule has 2 aliphatic heterocycles. The van der Waals surface area contributed by atoms with E-state index in [1.807, 2.05) is 0 Å². The Bertz CT molecular complexity index is 777. The highest BCUT2D eigenvalue weighted by Crippen LogP contribution is 2.40. The van der Waals surface area contributed by atoms with Crippen LogP contribution < -0.4 is 24.3 Å². The summed E-state index contributed by atoms with van der Waals surface area (Å²) >= 11 is 6.08. The van der Waals surface area contributed by atoms with E-state index >= 15 is 0 Å². The number of fused-ring (bicyclic) bond motifs is 2. The van der Waals surface area contributed by atoms with E-state index in [9.17, 15) is 4.79 Å². The first-order chi connectivity index (χ1) is 10.7. The van der Waals surface area contributed by atoms with Crippen molar-refractivity contribution in [3.05, 3.63) is 40.9 Å². The van der Waals surface area contributed by atoms with Crippen molar-refractivity contribution in [2.75, 3.05) is 18.9 Å². The second-order valence-electron chi connectivity index (χ2n) is 4.71. The van der Waals surface area contributed by atoms with Crippen molar-refractivity contribution >= 4 is 23.2 Å².